The van der Waals surface area contributed by atoms with Crippen LogP contribution < -0.4 is 4.90 Å². The third-order valence-corrected chi connectivity index (χ3v) is 6.45. The number of carbonyl (C=O) groups excluding carboxylic acids is 2. The van der Waals surface area contributed by atoms with Gasteiger partial charge in [0, 0.05) is 44.5 Å². The van der Waals surface area contributed by atoms with Crippen LogP contribution >= 0.6 is 0 Å². The van der Waals surface area contributed by atoms with Crippen molar-refractivity contribution in [2.45, 2.75) is 19.6 Å². The van der Waals surface area contributed by atoms with Crippen LogP contribution in [0.25, 0.3) is 0 Å². The second-order valence-corrected chi connectivity index (χ2v) is 8.83. The van der Waals surface area contributed by atoms with Gasteiger partial charge in [0.25, 0.3) is 5.91 Å². The molecule has 34 heavy (non-hydrogen) atoms. The number of hydrogen-bond acceptors (Lipinski definition) is 5. The summed E-state index contributed by atoms with van der Waals surface area (Å²) in [4.78, 5) is 35.5. The van der Waals surface area contributed by atoms with E-state index in [1.165, 1.54) is 5.56 Å². The molecule has 0 spiro atoms. The summed E-state index contributed by atoms with van der Waals surface area (Å²) in [7, 11) is 0. The Morgan fingerprint density at radius 2 is 1.71 bits per heavy atom. The van der Waals surface area contributed by atoms with Crippen LogP contribution in [0.15, 0.2) is 72.9 Å². The molecular weight excluding hydrogens is 428 g/mol. The molecule has 1 aromatic heterocycles. The summed E-state index contributed by atoms with van der Waals surface area (Å²) >= 11 is 0. The maximum absolute atomic E-state index is 13.0. The molecule has 3 heterocycles. The smallest absolute Gasteiger partial charge is 0.410 e. The highest BCUT2D eigenvalue weighted by Gasteiger charge is 2.32. The number of amides is 2. The first kappa shape index (κ1) is 21.9. The number of carbonyl (C=O) groups is 2. The van der Waals surface area contributed by atoms with E-state index in [0.29, 0.717) is 31.7 Å². The maximum atomic E-state index is 13.0. The SMILES string of the molecule is Cc1ccc(C2CN(Cc3ccc(C(=O)N4CCN(c5ccccn5)CC4)cc3)C(=O)O2)cc1. The molecule has 2 saturated heterocycles. The zero-order chi connectivity index (χ0) is 23.5. The van der Waals surface area contributed by atoms with E-state index < -0.39 is 0 Å². The summed E-state index contributed by atoms with van der Waals surface area (Å²) in [6, 6.07) is 21.5. The first-order chi connectivity index (χ1) is 16.6. The van der Waals surface area contributed by atoms with Crippen LogP contribution in [0.5, 0.6) is 0 Å². The van der Waals surface area contributed by atoms with Gasteiger partial charge in [0.15, 0.2) is 0 Å². The predicted molar refractivity (Wildman–Crippen MR) is 130 cm³/mol. The number of piperazine rings is 1. The van der Waals surface area contributed by atoms with E-state index >= 15 is 0 Å². The summed E-state index contributed by atoms with van der Waals surface area (Å²) in [6.07, 6.45) is 1.23. The third kappa shape index (κ3) is 4.73. The van der Waals surface area contributed by atoms with Crippen LogP contribution in [-0.4, -0.2) is 59.5 Å². The number of hydrogen-bond donors (Lipinski definition) is 0. The molecule has 3 aromatic rings. The van der Waals surface area contributed by atoms with Crippen molar-refractivity contribution < 1.29 is 14.3 Å². The fraction of sp³-hybridized carbons (Fsp3) is 0.296. The van der Waals surface area contributed by atoms with E-state index in [1.54, 1.807) is 11.1 Å². The van der Waals surface area contributed by atoms with Gasteiger partial charge in [-0.05, 0) is 42.3 Å². The highest BCUT2D eigenvalue weighted by Crippen LogP contribution is 2.27. The fourth-order valence-corrected chi connectivity index (χ4v) is 4.43. The molecule has 2 aromatic carbocycles. The predicted octanol–water partition coefficient (Wildman–Crippen LogP) is 4.05. The molecule has 7 nitrogen and oxygen atoms in total. The molecule has 2 aliphatic heterocycles. The van der Waals surface area contributed by atoms with Crippen molar-refractivity contribution in [3.8, 4) is 0 Å². The number of aryl methyl sites for hydroxylation is 1. The van der Waals surface area contributed by atoms with E-state index in [1.807, 2.05) is 78.6 Å². The molecule has 0 aliphatic carbocycles. The highest BCUT2D eigenvalue weighted by molar-refractivity contribution is 5.94. The number of benzene rings is 2. The third-order valence-electron chi connectivity index (χ3n) is 6.45. The lowest BCUT2D eigenvalue weighted by Crippen LogP contribution is -2.49. The van der Waals surface area contributed by atoms with Gasteiger partial charge >= 0.3 is 6.09 Å². The molecule has 0 bridgehead atoms. The number of ether oxygens (including phenoxy) is 1. The number of rotatable bonds is 5. The monoisotopic (exact) mass is 456 g/mol. The Morgan fingerprint density at radius 1 is 0.971 bits per heavy atom. The molecule has 2 amide bonds. The van der Waals surface area contributed by atoms with Gasteiger partial charge in [0.1, 0.15) is 11.9 Å². The largest absolute Gasteiger partial charge is 0.439 e. The minimum Gasteiger partial charge on any atom is -0.439 e. The van der Waals surface area contributed by atoms with E-state index in [0.717, 1.165) is 30.0 Å². The summed E-state index contributed by atoms with van der Waals surface area (Å²) in [6.45, 7) is 5.86. The topological polar surface area (TPSA) is 66.0 Å². The van der Waals surface area contributed by atoms with Crippen LogP contribution in [0.1, 0.15) is 33.2 Å². The summed E-state index contributed by atoms with van der Waals surface area (Å²) in [5.74, 6) is 0.983. The average molecular weight is 457 g/mol. The molecule has 1 unspecified atom stereocenters. The second-order valence-electron chi connectivity index (χ2n) is 8.83. The van der Waals surface area contributed by atoms with Crippen LogP contribution in [0.3, 0.4) is 0 Å². The van der Waals surface area contributed by atoms with Gasteiger partial charge in [-0.15, -0.1) is 0 Å². The van der Waals surface area contributed by atoms with E-state index in [-0.39, 0.29) is 18.1 Å². The number of anilines is 1. The molecule has 2 aliphatic rings. The standard InChI is InChI=1S/C27H28N4O3/c1-20-5-9-22(10-6-20)24-19-31(27(33)34-24)18-21-7-11-23(12-8-21)26(32)30-16-14-29(15-17-30)25-4-2-3-13-28-25/h2-13,24H,14-19H2,1H3. The maximum Gasteiger partial charge on any atom is 0.410 e. The number of aromatic nitrogens is 1. The van der Waals surface area contributed by atoms with Crippen molar-refractivity contribution in [3.05, 3.63) is 95.2 Å². The number of nitrogens with zero attached hydrogens (tertiary/aromatic N) is 4. The first-order valence-electron chi connectivity index (χ1n) is 11.6. The van der Waals surface area contributed by atoms with Crippen LogP contribution in [-0.2, 0) is 11.3 Å². The van der Waals surface area contributed by atoms with Crippen molar-refractivity contribution in [3.63, 3.8) is 0 Å². The van der Waals surface area contributed by atoms with Crippen molar-refractivity contribution in [1.82, 2.24) is 14.8 Å². The molecule has 0 saturated carbocycles. The second kappa shape index (κ2) is 9.55. The zero-order valence-electron chi connectivity index (χ0n) is 19.3. The minimum atomic E-state index is -0.309. The lowest BCUT2D eigenvalue weighted by atomic mass is 10.1. The van der Waals surface area contributed by atoms with Crippen molar-refractivity contribution in [1.29, 1.82) is 0 Å². The summed E-state index contributed by atoms with van der Waals surface area (Å²) < 4.78 is 5.57. The van der Waals surface area contributed by atoms with Gasteiger partial charge in [-0.3, -0.25) is 9.69 Å². The molecule has 0 N–H and O–H groups in total. The normalized spacial score (nSPS) is 18.2. The Labute approximate surface area is 199 Å². The highest BCUT2D eigenvalue weighted by atomic mass is 16.6. The van der Waals surface area contributed by atoms with Gasteiger partial charge in [0.2, 0.25) is 0 Å². The fourth-order valence-electron chi connectivity index (χ4n) is 4.43. The molecule has 174 valence electrons. The molecule has 2 fully saturated rings. The molecule has 7 heteroatoms. The quantitative estimate of drug-likeness (QED) is 0.580. The van der Waals surface area contributed by atoms with Crippen LogP contribution in [0.2, 0.25) is 0 Å². The van der Waals surface area contributed by atoms with Gasteiger partial charge in [-0.1, -0.05) is 48.0 Å². The Morgan fingerprint density at radius 3 is 2.38 bits per heavy atom. The van der Waals surface area contributed by atoms with E-state index in [9.17, 15) is 9.59 Å². The lowest BCUT2D eigenvalue weighted by molar-refractivity contribution is 0.0746. The van der Waals surface area contributed by atoms with Crippen molar-refractivity contribution >= 4 is 17.8 Å². The molecular formula is C27H28N4O3. The minimum absolute atomic E-state index is 0.0345. The average Bonchev–Trinajstić information content (AvgIpc) is 3.25. The number of cyclic esters (lactones) is 1. The van der Waals surface area contributed by atoms with Gasteiger partial charge in [-0.2, -0.15) is 0 Å². The Bertz CT molecular complexity index is 1140. The number of pyridine rings is 1. The van der Waals surface area contributed by atoms with Crippen molar-refractivity contribution in [2.24, 2.45) is 0 Å². The molecule has 0 radical (unpaired) electrons. The van der Waals surface area contributed by atoms with Crippen molar-refractivity contribution in [2.75, 3.05) is 37.6 Å². The Hall–Kier alpha value is -3.87. The molecule has 5 rings (SSSR count). The van der Waals surface area contributed by atoms with Crippen LogP contribution in [0.4, 0.5) is 10.6 Å². The van der Waals surface area contributed by atoms with E-state index in [2.05, 4.69) is 9.88 Å². The van der Waals surface area contributed by atoms with Gasteiger partial charge < -0.3 is 14.5 Å². The first-order valence-corrected chi connectivity index (χ1v) is 11.6. The summed E-state index contributed by atoms with van der Waals surface area (Å²) in [5, 5.41) is 0. The van der Waals surface area contributed by atoms with Crippen LogP contribution in [0, 0.1) is 6.92 Å². The lowest BCUT2D eigenvalue weighted by Gasteiger charge is -2.35. The molecule has 1 atom stereocenters. The Balaban J connectivity index is 1.16. The van der Waals surface area contributed by atoms with Gasteiger partial charge in [0.05, 0.1) is 6.54 Å². The summed E-state index contributed by atoms with van der Waals surface area (Å²) in [5.41, 5.74) is 3.81. The zero-order valence-corrected chi connectivity index (χ0v) is 19.3. The Kier molecular flexibility index (Phi) is 6.16. The van der Waals surface area contributed by atoms with E-state index in [4.69, 9.17) is 4.74 Å². The van der Waals surface area contributed by atoms with Gasteiger partial charge in [-0.25, -0.2) is 9.78 Å².